The number of rotatable bonds is 3. The molecule has 1 aromatic carbocycles. The van der Waals surface area contributed by atoms with Crippen LogP contribution in [0.2, 0.25) is 0 Å². The molecule has 2 aromatic rings. The molecule has 18 heavy (non-hydrogen) atoms. The molecule has 0 aliphatic carbocycles. The molecule has 0 aliphatic rings. The molecule has 2 rings (SSSR count). The molecular weight excluding hydrogens is 360 g/mol. The van der Waals surface area contributed by atoms with Gasteiger partial charge >= 0.3 is 0 Å². The van der Waals surface area contributed by atoms with Gasteiger partial charge in [-0.2, -0.15) is 5.10 Å². The predicted molar refractivity (Wildman–Crippen MR) is 77.8 cm³/mol. The maximum Gasteiger partial charge on any atom is 0.168 e. The average Bonchev–Trinajstić information content (AvgIpc) is 2.56. The Bertz CT molecular complexity index is 605. The van der Waals surface area contributed by atoms with E-state index in [0.717, 1.165) is 20.3 Å². The Morgan fingerprint density at radius 2 is 2.11 bits per heavy atom. The van der Waals surface area contributed by atoms with Gasteiger partial charge in [0.1, 0.15) is 0 Å². The number of nitrogens with zero attached hydrogens (tertiary/aromatic N) is 2. The van der Waals surface area contributed by atoms with Crippen molar-refractivity contribution in [3.8, 4) is 0 Å². The molecule has 1 heterocycles. The van der Waals surface area contributed by atoms with Crippen molar-refractivity contribution in [3.63, 3.8) is 0 Å². The minimum atomic E-state index is 0.0833. The second-order valence-corrected chi connectivity index (χ2v) is 5.79. The lowest BCUT2D eigenvalue weighted by Crippen LogP contribution is -2.08. The largest absolute Gasteiger partial charge is 0.294 e. The highest BCUT2D eigenvalue weighted by Gasteiger charge is 2.15. The highest BCUT2D eigenvalue weighted by molar-refractivity contribution is 9.10. The number of aromatic nitrogens is 2. The normalized spacial score (nSPS) is 10.7. The fourth-order valence-corrected chi connectivity index (χ4v) is 2.66. The highest BCUT2D eigenvalue weighted by atomic mass is 79.9. The number of hydrogen-bond donors (Lipinski definition) is 0. The summed E-state index contributed by atoms with van der Waals surface area (Å²) >= 11 is 6.84. The minimum Gasteiger partial charge on any atom is -0.294 e. The summed E-state index contributed by atoms with van der Waals surface area (Å²) in [4.78, 5) is 12.2. The average molecular weight is 372 g/mol. The van der Waals surface area contributed by atoms with Gasteiger partial charge in [0, 0.05) is 17.1 Å². The maximum atomic E-state index is 12.2. The van der Waals surface area contributed by atoms with Crippen LogP contribution in [-0.2, 0) is 13.5 Å². The number of carbonyl (C=O) groups is 1. The number of ketones is 1. The van der Waals surface area contributed by atoms with E-state index in [-0.39, 0.29) is 5.78 Å². The van der Waals surface area contributed by atoms with Crippen LogP contribution >= 0.6 is 31.9 Å². The first kappa shape index (κ1) is 13.5. The third kappa shape index (κ3) is 2.72. The summed E-state index contributed by atoms with van der Waals surface area (Å²) < 4.78 is 3.57. The Balaban J connectivity index is 2.27. The zero-order valence-electron chi connectivity index (χ0n) is 10.1. The maximum absolute atomic E-state index is 12.2. The van der Waals surface area contributed by atoms with Gasteiger partial charge in [0.15, 0.2) is 5.78 Å². The fourth-order valence-electron chi connectivity index (χ4n) is 1.79. The van der Waals surface area contributed by atoms with Crippen LogP contribution in [0.5, 0.6) is 0 Å². The summed E-state index contributed by atoms with van der Waals surface area (Å²) in [6.45, 7) is 1.91. The highest BCUT2D eigenvalue weighted by Crippen LogP contribution is 2.22. The van der Waals surface area contributed by atoms with Gasteiger partial charge < -0.3 is 0 Å². The van der Waals surface area contributed by atoms with E-state index in [9.17, 15) is 4.79 Å². The van der Waals surface area contributed by atoms with Crippen molar-refractivity contribution in [1.82, 2.24) is 9.78 Å². The number of aryl methyl sites for hydroxylation is 2. The predicted octanol–water partition coefficient (Wildman–Crippen LogP) is 3.68. The molecule has 0 amide bonds. The topological polar surface area (TPSA) is 34.9 Å². The van der Waals surface area contributed by atoms with Crippen LogP contribution < -0.4 is 0 Å². The van der Waals surface area contributed by atoms with E-state index in [0.29, 0.717) is 12.0 Å². The van der Waals surface area contributed by atoms with E-state index in [2.05, 4.69) is 37.0 Å². The quantitative estimate of drug-likeness (QED) is 0.771. The number of carbonyl (C=O) groups excluding carboxylic acids is 1. The van der Waals surface area contributed by atoms with E-state index < -0.39 is 0 Å². The Morgan fingerprint density at radius 1 is 1.39 bits per heavy atom. The zero-order chi connectivity index (χ0) is 13.3. The Morgan fingerprint density at radius 3 is 2.67 bits per heavy atom. The Kier molecular flexibility index (Phi) is 4.02. The van der Waals surface area contributed by atoms with Crippen LogP contribution in [0, 0.1) is 6.92 Å². The molecule has 0 N–H and O–H groups in total. The number of hydrogen-bond acceptors (Lipinski definition) is 2. The second-order valence-electron chi connectivity index (χ2n) is 4.08. The van der Waals surface area contributed by atoms with Gasteiger partial charge in [0.2, 0.25) is 0 Å². The van der Waals surface area contributed by atoms with E-state index in [1.165, 1.54) is 0 Å². The minimum absolute atomic E-state index is 0.0833. The van der Waals surface area contributed by atoms with Crippen LogP contribution in [0.3, 0.4) is 0 Å². The van der Waals surface area contributed by atoms with Crippen LogP contribution in [-0.4, -0.2) is 15.6 Å². The molecule has 1 aromatic heterocycles. The van der Waals surface area contributed by atoms with Crippen molar-refractivity contribution < 1.29 is 4.79 Å². The smallest absolute Gasteiger partial charge is 0.168 e. The SMILES string of the molecule is Cc1nn(C)c(CC(=O)c2cccc(Br)c2)c1Br. The van der Waals surface area contributed by atoms with Crippen LogP contribution in [0.1, 0.15) is 21.7 Å². The van der Waals surface area contributed by atoms with Crippen molar-refractivity contribution in [2.75, 3.05) is 0 Å². The van der Waals surface area contributed by atoms with Crippen molar-refractivity contribution in [1.29, 1.82) is 0 Å². The molecule has 94 valence electrons. The van der Waals surface area contributed by atoms with E-state index >= 15 is 0 Å². The van der Waals surface area contributed by atoms with Crippen molar-refractivity contribution in [2.24, 2.45) is 7.05 Å². The molecule has 0 saturated heterocycles. The zero-order valence-corrected chi connectivity index (χ0v) is 13.2. The van der Waals surface area contributed by atoms with Gasteiger partial charge in [-0.05, 0) is 35.0 Å². The summed E-state index contributed by atoms with van der Waals surface area (Å²) in [6, 6.07) is 7.42. The van der Waals surface area contributed by atoms with Crippen molar-refractivity contribution >= 4 is 37.6 Å². The van der Waals surface area contributed by atoms with Gasteiger partial charge in [-0.1, -0.05) is 28.1 Å². The van der Waals surface area contributed by atoms with Gasteiger partial charge in [0.25, 0.3) is 0 Å². The van der Waals surface area contributed by atoms with Crippen LogP contribution in [0.4, 0.5) is 0 Å². The number of Topliss-reactive ketones (excluding diaryl/α,β-unsaturated/α-hetero) is 1. The van der Waals surface area contributed by atoms with Crippen molar-refractivity contribution in [3.05, 3.63) is 50.2 Å². The van der Waals surface area contributed by atoms with Gasteiger partial charge in [-0.25, -0.2) is 0 Å². The second kappa shape index (κ2) is 5.36. The van der Waals surface area contributed by atoms with Gasteiger partial charge in [-0.15, -0.1) is 0 Å². The standard InChI is InChI=1S/C13H12Br2N2O/c1-8-13(15)11(17(2)16-8)7-12(18)9-4-3-5-10(14)6-9/h3-6H,7H2,1-2H3. The molecule has 0 fully saturated rings. The summed E-state index contributed by atoms with van der Waals surface area (Å²) in [7, 11) is 1.85. The van der Waals surface area contributed by atoms with Gasteiger partial charge in [0.05, 0.1) is 22.3 Å². The molecule has 0 bridgehead atoms. The lowest BCUT2D eigenvalue weighted by atomic mass is 10.1. The monoisotopic (exact) mass is 370 g/mol. The third-order valence-corrected chi connectivity index (χ3v) is 4.26. The summed E-state index contributed by atoms with van der Waals surface area (Å²) in [5.74, 6) is 0.0833. The van der Waals surface area contributed by atoms with E-state index in [1.807, 2.05) is 38.2 Å². The molecule has 3 nitrogen and oxygen atoms in total. The molecule has 5 heteroatoms. The van der Waals surface area contributed by atoms with E-state index in [1.54, 1.807) is 4.68 Å². The fraction of sp³-hybridized carbons (Fsp3) is 0.231. The van der Waals surface area contributed by atoms with Crippen LogP contribution in [0.25, 0.3) is 0 Å². The first-order chi connectivity index (χ1) is 8.49. The lowest BCUT2D eigenvalue weighted by molar-refractivity contribution is 0.0990. The summed E-state index contributed by atoms with van der Waals surface area (Å²) in [6.07, 6.45) is 0.342. The van der Waals surface area contributed by atoms with Crippen LogP contribution in [0.15, 0.2) is 33.2 Å². The lowest BCUT2D eigenvalue weighted by Gasteiger charge is -2.03. The molecule has 0 saturated carbocycles. The molecule has 0 radical (unpaired) electrons. The first-order valence-corrected chi connectivity index (χ1v) is 7.04. The van der Waals surface area contributed by atoms with Crippen molar-refractivity contribution in [2.45, 2.75) is 13.3 Å². The first-order valence-electron chi connectivity index (χ1n) is 5.45. The molecule has 0 spiro atoms. The molecule has 0 atom stereocenters. The number of halogens is 2. The summed E-state index contributed by atoms with van der Waals surface area (Å²) in [5.41, 5.74) is 2.50. The van der Waals surface area contributed by atoms with E-state index in [4.69, 9.17) is 0 Å². The Labute approximate surface area is 122 Å². The molecule has 0 aliphatic heterocycles. The number of benzene rings is 1. The Hall–Kier alpha value is -0.940. The molecule has 0 unspecified atom stereocenters. The third-order valence-electron chi connectivity index (χ3n) is 2.74. The van der Waals surface area contributed by atoms with Gasteiger partial charge in [-0.3, -0.25) is 9.48 Å². The molecular formula is C13H12Br2N2O. The summed E-state index contributed by atoms with van der Waals surface area (Å²) in [5, 5.41) is 4.28.